The molecule has 0 radical (unpaired) electrons. The summed E-state index contributed by atoms with van der Waals surface area (Å²) in [5, 5.41) is 2.84. The van der Waals surface area contributed by atoms with Crippen molar-refractivity contribution in [3.8, 4) is 11.8 Å². The molecule has 0 bridgehead atoms. The number of benzene rings is 2. The molecule has 0 aliphatic rings. The van der Waals surface area contributed by atoms with Gasteiger partial charge in [0.15, 0.2) is 0 Å². The minimum Gasteiger partial charge on any atom is -0.345 e. The van der Waals surface area contributed by atoms with E-state index in [4.69, 9.17) is 0 Å². The van der Waals surface area contributed by atoms with Crippen LogP contribution in [0, 0.1) is 32.6 Å². The average molecular weight is 291 g/mol. The van der Waals surface area contributed by atoms with E-state index >= 15 is 0 Å². The van der Waals surface area contributed by atoms with Crippen LogP contribution in [-0.2, 0) is 11.2 Å². The molecule has 0 fully saturated rings. The van der Waals surface area contributed by atoms with Gasteiger partial charge in [0, 0.05) is 18.0 Å². The molecule has 112 valence electrons. The summed E-state index contributed by atoms with van der Waals surface area (Å²) < 4.78 is 0. The van der Waals surface area contributed by atoms with Gasteiger partial charge in [-0.15, -0.1) is 0 Å². The Balaban J connectivity index is 1.87. The lowest BCUT2D eigenvalue weighted by Crippen LogP contribution is -2.24. The van der Waals surface area contributed by atoms with Gasteiger partial charge in [0.2, 0.25) is 0 Å². The average Bonchev–Trinajstić information content (AvgIpc) is 2.51. The van der Waals surface area contributed by atoms with Crippen LogP contribution in [0.1, 0.15) is 27.8 Å². The van der Waals surface area contributed by atoms with Crippen molar-refractivity contribution in [2.75, 3.05) is 6.54 Å². The lowest BCUT2D eigenvalue weighted by Gasteiger charge is -2.03. The monoisotopic (exact) mass is 291 g/mol. The number of carbonyl (C=O) groups excluding carboxylic acids is 1. The van der Waals surface area contributed by atoms with Gasteiger partial charge in [-0.05, 0) is 49.9 Å². The maximum Gasteiger partial charge on any atom is 0.296 e. The Kier molecular flexibility index (Phi) is 5.38. The molecule has 2 rings (SSSR count). The lowest BCUT2D eigenvalue weighted by molar-refractivity contribution is -0.115. The van der Waals surface area contributed by atoms with Gasteiger partial charge in [0.25, 0.3) is 5.91 Å². The molecule has 1 amide bonds. The van der Waals surface area contributed by atoms with Crippen molar-refractivity contribution < 1.29 is 4.79 Å². The Morgan fingerprint density at radius 3 is 2.50 bits per heavy atom. The number of aryl methyl sites for hydroxylation is 2. The highest BCUT2D eigenvalue weighted by Crippen LogP contribution is 2.10. The van der Waals surface area contributed by atoms with Crippen molar-refractivity contribution in [2.24, 2.45) is 0 Å². The van der Waals surface area contributed by atoms with Gasteiger partial charge in [0.1, 0.15) is 0 Å². The van der Waals surface area contributed by atoms with Crippen molar-refractivity contribution in [1.29, 1.82) is 0 Å². The molecule has 2 aromatic rings. The zero-order valence-corrected chi connectivity index (χ0v) is 13.4. The van der Waals surface area contributed by atoms with Crippen LogP contribution in [0.5, 0.6) is 0 Å². The Labute approximate surface area is 132 Å². The van der Waals surface area contributed by atoms with E-state index in [1.165, 1.54) is 16.7 Å². The fraction of sp³-hybridized carbons (Fsp3) is 0.250. The first kappa shape index (κ1) is 15.9. The first-order valence-electron chi connectivity index (χ1n) is 7.48. The molecular formula is C20H21NO. The fourth-order valence-electron chi connectivity index (χ4n) is 2.13. The third kappa shape index (κ3) is 4.49. The van der Waals surface area contributed by atoms with E-state index in [0.29, 0.717) is 6.54 Å². The molecule has 2 nitrogen and oxygen atoms in total. The topological polar surface area (TPSA) is 29.1 Å². The molecule has 0 aliphatic heterocycles. The summed E-state index contributed by atoms with van der Waals surface area (Å²) in [5.74, 6) is 5.38. The van der Waals surface area contributed by atoms with Crippen molar-refractivity contribution in [1.82, 2.24) is 5.32 Å². The summed E-state index contributed by atoms with van der Waals surface area (Å²) >= 11 is 0. The first-order valence-corrected chi connectivity index (χ1v) is 7.48. The Morgan fingerprint density at radius 1 is 1.05 bits per heavy atom. The van der Waals surface area contributed by atoms with Crippen molar-refractivity contribution in [2.45, 2.75) is 27.2 Å². The van der Waals surface area contributed by atoms with E-state index in [1.54, 1.807) is 0 Å². The van der Waals surface area contributed by atoms with Crippen LogP contribution in [0.2, 0.25) is 0 Å². The summed E-state index contributed by atoms with van der Waals surface area (Å²) in [4.78, 5) is 11.8. The number of carbonyl (C=O) groups is 1. The van der Waals surface area contributed by atoms with E-state index in [0.717, 1.165) is 17.5 Å². The third-order valence-electron chi connectivity index (χ3n) is 3.74. The van der Waals surface area contributed by atoms with E-state index in [9.17, 15) is 4.79 Å². The molecule has 0 unspecified atom stereocenters. The molecule has 2 heteroatoms. The highest BCUT2D eigenvalue weighted by molar-refractivity contribution is 5.94. The van der Waals surface area contributed by atoms with Gasteiger partial charge in [-0.2, -0.15) is 0 Å². The van der Waals surface area contributed by atoms with Crippen LogP contribution in [0.4, 0.5) is 0 Å². The van der Waals surface area contributed by atoms with Gasteiger partial charge < -0.3 is 5.32 Å². The van der Waals surface area contributed by atoms with Crippen molar-refractivity contribution in [3.63, 3.8) is 0 Å². The van der Waals surface area contributed by atoms with E-state index in [1.807, 2.05) is 32.0 Å². The zero-order valence-electron chi connectivity index (χ0n) is 13.4. The summed E-state index contributed by atoms with van der Waals surface area (Å²) in [5.41, 5.74) is 5.68. The quantitative estimate of drug-likeness (QED) is 0.864. The molecular weight excluding hydrogens is 270 g/mol. The second-order valence-corrected chi connectivity index (χ2v) is 5.49. The van der Waals surface area contributed by atoms with Gasteiger partial charge in [-0.1, -0.05) is 47.9 Å². The molecule has 1 N–H and O–H groups in total. The van der Waals surface area contributed by atoms with Crippen LogP contribution in [0.15, 0.2) is 42.5 Å². The van der Waals surface area contributed by atoms with Crippen LogP contribution < -0.4 is 5.32 Å². The molecule has 0 heterocycles. The Bertz CT molecular complexity index is 718. The molecule has 0 spiro atoms. The first-order chi connectivity index (χ1) is 10.6. The molecule has 0 saturated carbocycles. The molecule has 0 aromatic heterocycles. The fourth-order valence-corrected chi connectivity index (χ4v) is 2.13. The normalized spacial score (nSPS) is 9.77. The number of nitrogens with one attached hydrogen (secondary N) is 1. The maximum atomic E-state index is 11.8. The van der Waals surface area contributed by atoms with Crippen LogP contribution in [-0.4, -0.2) is 12.5 Å². The van der Waals surface area contributed by atoms with Crippen molar-refractivity contribution >= 4 is 5.91 Å². The summed E-state index contributed by atoms with van der Waals surface area (Å²) in [6.07, 6.45) is 0.817. The maximum absolute atomic E-state index is 11.8. The lowest BCUT2D eigenvalue weighted by atomic mass is 10.0. The van der Waals surface area contributed by atoms with E-state index in [2.05, 4.69) is 48.3 Å². The van der Waals surface area contributed by atoms with Crippen LogP contribution in [0.3, 0.4) is 0 Å². The summed E-state index contributed by atoms with van der Waals surface area (Å²) in [7, 11) is 0. The number of rotatable bonds is 3. The van der Waals surface area contributed by atoms with Crippen LogP contribution in [0.25, 0.3) is 0 Å². The van der Waals surface area contributed by atoms with Crippen molar-refractivity contribution in [3.05, 3.63) is 70.3 Å². The van der Waals surface area contributed by atoms with Gasteiger partial charge in [-0.3, -0.25) is 4.79 Å². The predicted molar refractivity (Wildman–Crippen MR) is 90.7 cm³/mol. The van der Waals surface area contributed by atoms with Crippen LogP contribution >= 0.6 is 0 Å². The smallest absolute Gasteiger partial charge is 0.296 e. The molecule has 0 atom stereocenters. The second-order valence-electron chi connectivity index (χ2n) is 5.49. The summed E-state index contributed by atoms with van der Waals surface area (Å²) in [6, 6.07) is 14.3. The number of hydrogen-bond donors (Lipinski definition) is 1. The van der Waals surface area contributed by atoms with E-state index in [-0.39, 0.29) is 5.91 Å². The summed E-state index contributed by atoms with van der Waals surface area (Å²) in [6.45, 7) is 6.73. The van der Waals surface area contributed by atoms with E-state index < -0.39 is 0 Å². The standard InChI is InChI=1S/C20H21NO/c1-15-7-9-18(10-8-15)13-14-21-20(22)12-11-19-6-4-5-16(2)17(19)3/h4-10H,13-14H2,1-3H3,(H,21,22). The van der Waals surface area contributed by atoms with Gasteiger partial charge in [-0.25, -0.2) is 0 Å². The molecule has 0 aliphatic carbocycles. The second kappa shape index (κ2) is 7.47. The number of hydrogen-bond acceptors (Lipinski definition) is 1. The molecule has 2 aromatic carbocycles. The minimum absolute atomic E-state index is 0.229. The highest BCUT2D eigenvalue weighted by Gasteiger charge is 1.99. The number of amides is 1. The van der Waals surface area contributed by atoms with Gasteiger partial charge >= 0.3 is 0 Å². The predicted octanol–water partition coefficient (Wildman–Crippen LogP) is 3.32. The zero-order chi connectivity index (χ0) is 15.9. The van der Waals surface area contributed by atoms with Gasteiger partial charge in [0.05, 0.1) is 0 Å². The third-order valence-corrected chi connectivity index (χ3v) is 3.74. The Morgan fingerprint density at radius 2 is 1.77 bits per heavy atom. The minimum atomic E-state index is -0.229. The largest absolute Gasteiger partial charge is 0.345 e. The Hall–Kier alpha value is -2.53. The SMILES string of the molecule is Cc1ccc(CCNC(=O)C#Cc2cccc(C)c2C)cc1. The molecule has 22 heavy (non-hydrogen) atoms. The molecule has 0 saturated heterocycles. The highest BCUT2D eigenvalue weighted by atomic mass is 16.1.